The highest BCUT2D eigenvalue weighted by Crippen LogP contribution is 2.24. The standard InChI is InChI=1S/C12H19BrN2S/c1-2-14-10-4-3-7-15(8-10)9-11-5-6-12(13)16-11/h5-6,10,14H,2-4,7-9H2,1H3. The summed E-state index contributed by atoms with van der Waals surface area (Å²) in [5, 5.41) is 3.56. The van der Waals surface area contributed by atoms with Crippen LogP contribution in [0.4, 0.5) is 0 Å². The maximum Gasteiger partial charge on any atom is 0.0701 e. The first-order valence-electron chi connectivity index (χ1n) is 5.98. The summed E-state index contributed by atoms with van der Waals surface area (Å²) in [6.07, 6.45) is 2.66. The van der Waals surface area contributed by atoms with Crippen molar-refractivity contribution >= 4 is 27.3 Å². The smallest absolute Gasteiger partial charge is 0.0701 e. The van der Waals surface area contributed by atoms with Crippen LogP contribution in [0.1, 0.15) is 24.6 Å². The zero-order valence-electron chi connectivity index (χ0n) is 9.71. The van der Waals surface area contributed by atoms with Crippen LogP contribution in [0.25, 0.3) is 0 Å². The number of nitrogens with zero attached hydrogens (tertiary/aromatic N) is 1. The summed E-state index contributed by atoms with van der Waals surface area (Å²) in [7, 11) is 0. The fraction of sp³-hybridized carbons (Fsp3) is 0.667. The van der Waals surface area contributed by atoms with E-state index in [9.17, 15) is 0 Å². The third kappa shape index (κ3) is 3.55. The quantitative estimate of drug-likeness (QED) is 0.919. The van der Waals surface area contributed by atoms with E-state index in [-0.39, 0.29) is 0 Å². The largest absolute Gasteiger partial charge is 0.313 e. The third-order valence-corrected chi connectivity index (χ3v) is 4.62. The number of nitrogens with one attached hydrogen (secondary N) is 1. The Hall–Kier alpha value is 0.1000. The van der Waals surface area contributed by atoms with Gasteiger partial charge in [-0.25, -0.2) is 0 Å². The Morgan fingerprint density at radius 2 is 2.44 bits per heavy atom. The minimum absolute atomic E-state index is 0.696. The third-order valence-electron chi connectivity index (χ3n) is 3.01. The molecular weight excluding hydrogens is 284 g/mol. The van der Waals surface area contributed by atoms with Gasteiger partial charge in [0, 0.05) is 24.0 Å². The van der Waals surface area contributed by atoms with E-state index in [2.05, 4.69) is 45.2 Å². The number of hydrogen-bond donors (Lipinski definition) is 1. The van der Waals surface area contributed by atoms with Crippen molar-refractivity contribution in [2.24, 2.45) is 0 Å². The van der Waals surface area contributed by atoms with Gasteiger partial charge in [0.1, 0.15) is 0 Å². The van der Waals surface area contributed by atoms with Crippen LogP contribution in [0, 0.1) is 0 Å². The summed E-state index contributed by atoms with van der Waals surface area (Å²) in [6, 6.07) is 5.07. The van der Waals surface area contributed by atoms with Gasteiger partial charge < -0.3 is 5.32 Å². The van der Waals surface area contributed by atoms with Crippen LogP contribution in [0.15, 0.2) is 15.9 Å². The molecule has 0 saturated carbocycles. The van der Waals surface area contributed by atoms with Crippen LogP contribution in [0.3, 0.4) is 0 Å². The predicted molar refractivity (Wildman–Crippen MR) is 74.0 cm³/mol. The molecular formula is C12H19BrN2S. The number of likely N-dealkylation sites (tertiary alicyclic amines) is 1. The molecule has 2 rings (SSSR count). The van der Waals surface area contributed by atoms with E-state index in [4.69, 9.17) is 0 Å². The number of rotatable bonds is 4. The van der Waals surface area contributed by atoms with E-state index < -0.39 is 0 Å². The van der Waals surface area contributed by atoms with E-state index in [0.29, 0.717) is 6.04 Å². The fourth-order valence-corrected chi connectivity index (χ4v) is 3.84. The minimum Gasteiger partial charge on any atom is -0.313 e. The summed E-state index contributed by atoms with van der Waals surface area (Å²) in [4.78, 5) is 4.03. The van der Waals surface area contributed by atoms with Gasteiger partial charge in [-0.3, -0.25) is 4.90 Å². The van der Waals surface area contributed by atoms with Crippen LogP contribution in [0.5, 0.6) is 0 Å². The highest BCUT2D eigenvalue weighted by atomic mass is 79.9. The summed E-state index contributed by atoms with van der Waals surface area (Å²) in [5.74, 6) is 0. The Morgan fingerprint density at radius 1 is 1.56 bits per heavy atom. The SMILES string of the molecule is CCNC1CCCN(Cc2ccc(Br)s2)C1. The van der Waals surface area contributed by atoms with Gasteiger partial charge in [0.2, 0.25) is 0 Å². The van der Waals surface area contributed by atoms with Crippen molar-refractivity contribution in [2.45, 2.75) is 32.4 Å². The first kappa shape index (κ1) is 12.6. The Morgan fingerprint density at radius 3 is 3.12 bits per heavy atom. The van der Waals surface area contributed by atoms with Crippen LogP contribution >= 0.6 is 27.3 Å². The van der Waals surface area contributed by atoms with Gasteiger partial charge in [-0.1, -0.05) is 6.92 Å². The molecule has 1 aromatic heterocycles. The zero-order valence-corrected chi connectivity index (χ0v) is 12.1. The van der Waals surface area contributed by atoms with Crippen molar-refractivity contribution in [2.75, 3.05) is 19.6 Å². The Labute approximate surface area is 110 Å². The molecule has 16 heavy (non-hydrogen) atoms. The fourth-order valence-electron chi connectivity index (χ4n) is 2.31. The normalized spacial score (nSPS) is 22.5. The van der Waals surface area contributed by atoms with Gasteiger partial charge in [0.15, 0.2) is 0 Å². The second kappa shape index (κ2) is 6.15. The molecule has 0 spiro atoms. The van der Waals surface area contributed by atoms with Gasteiger partial charge >= 0.3 is 0 Å². The van der Waals surface area contributed by atoms with Crippen molar-refractivity contribution in [3.05, 3.63) is 20.8 Å². The highest BCUT2D eigenvalue weighted by molar-refractivity contribution is 9.11. The van der Waals surface area contributed by atoms with Crippen LogP contribution in [-0.2, 0) is 6.54 Å². The topological polar surface area (TPSA) is 15.3 Å². The molecule has 1 aliphatic heterocycles. The molecule has 0 amide bonds. The maximum absolute atomic E-state index is 3.56. The van der Waals surface area contributed by atoms with Gasteiger partial charge in [-0.15, -0.1) is 11.3 Å². The second-order valence-corrected chi connectivity index (χ2v) is 6.89. The molecule has 90 valence electrons. The van der Waals surface area contributed by atoms with E-state index in [0.717, 1.165) is 13.1 Å². The molecule has 1 atom stereocenters. The summed E-state index contributed by atoms with van der Waals surface area (Å²) in [5.41, 5.74) is 0. The Bertz CT molecular complexity index is 325. The van der Waals surface area contributed by atoms with E-state index >= 15 is 0 Å². The molecule has 1 fully saturated rings. The lowest BCUT2D eigenvalue weighted by atomic mass is 10.1. The lowest BCUT2D eigenvalue weighted by Crippen LogP contribution is -2.45. The molecule has 2 heterocycles. The molecule has 1 saturated heterocycles. The van der Waals surface area contributed by atoms with E-state index in [1.165, 1.54) is 34.6 Å². The molecule has 1 aromatic rings. The van der Waals surface area contributed by atoms with Gasteiger partial charge in [-0.05, 0) is 54.0 Å². The Balaban J connectivity index is 1.85. The molecule has 0 aliphatic carbocycles. The average Bonchev–Trinajstić information content (AvgIpc) is 2.65. The molecule has 0 aromatic carbocycles. The maximum atomic E-state index is 3.56. The lowest BCUT2D eigenvalue weighted by Gasteiger charge is -2.32. The van der Waals surface area contributed by atoms with Crippen molar-refractivity contribution < 1.29 is 0 Å². The number of halogens is 1. The second-order valence-electron chi connectivity index (χ2n) is 4.34. The molecule has 1 aliphatic rings. The molecule has 0 bridgehead atoms. The highest BCUT2D eigenvalue weighted by Gasteiger charge is 2.19. The lowest BCUT2D eigenvalue weighted by molar-refractivity contribution is 0.186. The Kier molecular flexibility index (Phi) is 4.82. The van der Waals surface area contributed by atoms with Crippen LogP contribution in [-0.4, -0.2) is 30.6 Å². The number of likely N-dealkylation sites (N-methyl/N-ethyl adjacent to an activating group) is 1. The summed E-state index contributed by atoms with van der Waals surface area (Å²) in [6.45, 7) is 6.83. The van der Waals surface area contributed by atoms with Crippen molar-refractivity contribution in [3.8, 4) is 0 Å². The minimum atomic E-state index is 0.696. The average molecular weight is 303 g/mol. The van der Waals surface area contributed by atoms with Crippen molar-refractivity contribution in [1.82, 2.24) is 10.2 Å². The van der Waals surface area contributed by atoms with Gasteiger partial charge in [0.25, 0.3) is 0 Å². The van der Waals surface area contributed by atoms with Crippen molar-refractivity contribution in [1.29, 1.82) is 0 Å². The molecule has 2 nitrogen and oxygen atoms in total. The number of thiophene rings is 1. The summed E-state index contributed by atoms with van der Waals surface area (Å²) >= 11 is 5.37. The molecule has 4 heteroatoms. The van der Waals surface area contributed by atoms with E-state index in [1.54, 1.807) is 0 Å². The zero-order chi connectivity index (χ0) is 11.4. The molecule has 0 radical (unpaired) electrons. The van der Waals surface area contributed by atoms with Crippen LogP contribution in [0.2, 0.25) is 0 Å². The first-order valence-corrected chi connectivity index (χ1v) is 7.59. The van der Waals surface area contributed by atoms with Gasteiger partial charge in [0.05, 0.1) is 3.79 Å². The molecule has 1 N–H and O–H groups in total. The number of hydrogen-bond acceptors (Lipinski definition) is 3. The van der Waals surface area contributed by atoms with E-state index in [1.807, 2.05) is 11.3 Å². The van der Waals surface area contributed by atoms with Crippen molar-refractivity contribution in [3.63, 3.8) is 0 Å². The summed E-state index contributed by atoms with van der Waals surface area (Å²) < 4.78 is 1.24. The first-order chi connectivity index (χ1) is 7.78. The number of piperidine rings is 1. The predicted octanol–water partition coefficient (Wildman–Crippen LogP) is 3.08. The van der Waals surface area contributed by atoms with Crippen LogP contribution < -0.4 is 5.32 Å². The van der Waals surface area contributed by atoms with Gasteiger partial charge in [-0.2, -0.15) is 0 Å². The monoisotopic (exact) mass is 302 g/mol. The molecule has 1 unspecified atom stereocenters.